The highest BCUT2D eigenvalue weighted by molar-refractivity contribution is 5.99. The SMILES string of the molecule is C=CCNC(=O)c1ccnc(N)c1[N+](=O)[O-]. The van der Waals surface area contributed by atoms with E-state index in [9.17, 15) is 14.9 Å². The number of aromatic nitrogens is 1. The second-order valence-electron chi connectivity index (χ2n) is 2.85. The molecule has 0 aromatic carbocycles. The first kappa shape index (κ1) is 11.6. The first-order valence-corrected chi connectivity index (χ1v) is 4.36. The van der Waals surface area contributed by atoms with E-state index in [4.69, 9.17) is 5.73 Å². The third-order valence-electron chi connectivity index (χ3n) is 1.79. The molecule has 0 saturated heterocycles. The van der Waals surface area contributed by atoms with Gasteiger partial charge in [-0.2, -0.15) is 0 Å². The van der Waals surface area contributed by atoms with Crippen molar-refractivity contribution in [3.8, 4) is 0 Å². The number of pyridine rings is 1. The molecule has 0 radical (unpaired) electrons. The fourth-order valence-corrected chi connectivity index (χ4v) is 1.11. The molecule has 3 N–H and O–H groups in total. The van der Waals surface area contributed by atoms with Crippen LogP contribution in [0.2, 0.25) is 0 Å². The summed E-state index contributed by atoms with van der Waals surface area (Å²) in [5.74, 6) is -0.864. The van der Waals surface area contributed by atoms with Gasteiger partial charge in [-0.15, -0.1) is 6.58 Å². The molecule has 0 fully saturated rings. The highest BCUT2D eigenvalue weighted by atomic mass is 16.6. The van der Waals surface area contributed by atoms with Crippen molar-refractivity contribution in [1.29, 1.82) is 0 Å². The van der Waals surface area contributed by atoms with E-state index in [0.717, 1.165) is 0 Å². The van der Waals surface area contributed by atoms with Crippen LogP contribution in [0.1, 0.15) is 10.4 Å². The van der Waals surface area contributed by atoms with Crippen molar-refractivity contribution in [2.45, 2.75) is 0 Å². The Morgan fingerprint density at radius 3 is 3.00 bits per heavy atom. The topological polar surface area (TPSA) is 111 Å². The summed E-state index contributed by atoms with van der Waals surface area (Å²) in [6, 6.07) is 1.24. The molecule has 1 heterocycles. The molecule has 0 aliphatic heterocycles. The normalized spacial score (nSPS) is 9.50. The zero-order valence-corrected chi connectivity index (χ0v) is 8.34. The van der Waals surface area contributed by atoms with E-state index in [2.05, 4.69) is 16.9 Å². The second kappa shape index (κ2) is 4.87. The number of carbonyl (C=O) groups is 1. The van der Waals surface area contributed by atoms with Crippen molar-refractivity contribution in [1.82, 2.24) is 10.3 Å². The van der Waals surface area contributed by atoms with E-state index in [1.165, 1.54) is 18.3 Å². The number of nitrogens with one attached hydrogen (secondary N) is 1. The average Bonchev–Trinajstić information content (AvgIpc) is 2.24. The van der Waals surface area contributed by atoms with Crippen molar-refractivity contribution in [3.63, 3.8) is 0 Å². The monoisotopic (exact) mass is 222 g/mol. The maximum atomic E-state index is 11.5. The van der Waals surface area contributed by atoms with Gasteiger partial charge in [0, 0.05) is 12.7 Å². The lowest BCUT2D eigenvalue weighted by molar-refractivity contribution is -0.384. The molecule has 0 bridgehead atoms. The first-order valence-electron chi connectivity index (χ1n) is 4.36. The Morgan fingerprint density at radius 1 is 1.75 bits per heavy atom. The van der Waals surface area contributed by atoms with Gasteiger partial charge in [0.05, 0.1) is 4.92 Å². The summed E-state index contributed by atoms with van der Waals surface area (Å²) >= 11 is 0. The summed E-state index contributed by atoms with van der Waals surface area (Å²) in [6.45, 7) is 3.64. The third-order valence-corrected chi connectivity index (χ3v) is 1.79. The minimum Gasteiger partial charge on any atom is -0.378 e. The molecule has 0 atom stereocenters. The molecule has 7 heteroatoms. The van der Waals surface area contributed by atoms with E-state index >= 15 is 0 Å². The second-order valence-corrected chi connectivity index (χ2v) is 2.85. The maximum Gasteiger partial charge on any atom is 0.323 e. The molecule has 0 spiro atoms. The Kier molecular flexibility index (Phi) is 3.54. The van der Waals surface area contributed by atoms with Crippen molar-refractivity contribution >= 4 is 17.4 Å². The molecule has 1 amide bonds. The molecule has 0 unspecified atom stereocenters. The molecule has 84 valence electrons. The zero-order chi connectivity index (χ0) is 12.1. The van der Waals surface area contributed by atoms with E-state index in [1.807, 2.05) is 0 Å². The van der Waals surface area contributed by atoms with Crippen LogP contribution >= 0.6 is 0 Å². The van der Waals surface area contributed by atoms with Gasteiger partial charge < -0.3 is 11.1 Å². The van der Waals surface area contributed by atoms with Crippen LogP contribution in [0.3, 0.4) is 0 Å². The minimum absolute atomic E-state index is 0.112. The molecule has 7 nitrogen and oxygen atoms in total. The van der Waals surface area contributed by atoms with Gasteiger partial charge in [-0.3, -0.25) is 14.9 Å². The van der Waals surface area contributed by atoms with Gasteiger partial charge in [0.2, 0.25) is 5.82 Å². The molecule has 0 aliphatic carbocycles. The smallest absolute Gasteiger partial charge is 0.323 e. The molecule has 0 aliphatic rings. The highest BCUT2D eigenvalue weighted by Gasteiger charge is 2.23. The minimum atomic E-state index is -0.731. The summed E-state index contributed by atoms with van der Waals surface area (Å²) in [7, 11) is 0. The Balaban J connectivity index is 3.12. The van der Waals surface area contributed by atoms with E-state index in [1.54, 1.807) is 0 Å². The summed E-state index contributed by atoms with van der Waals surface area (Å²) in [5, 5.41) is 13.1. The number of nitrogens with two attached hydrogens (primary N) is 1. The van der Waals surface area contributed by atoms with Crippen LogP contribution in [0.4, 0.5) is 11.5 Å². The number of nitrogens with zero attached hydrogens (tertiary/aromatic N) is 2. The van der Waals surface area contributed by atoms with Gasteiger partial charge in [-0.1, -0.05) is 6.08 Å². The van der Waals surface area contributed by atoms with Gasteiger partial charge in [-0.05, 0) is 6.07 Å². The lowest BCUT2D eigenvalue weighted by Crippen LogP contribution is -2.24. The molecular formula is C9H10N4O3. The fourth-order valence-electron chi connectivity index (χ4n) is 1.11. The van der Waals surface area contributed by atoms with Gasteiger partial charge >= 0.3 is 5.69 Å². The number of hydrogen-bond donors (Lipinski definition) is 2. The van der Waals surface area contributed by atoms with Crippen molar-refractivity contribution in [3.05, 3.63) is 40.6 Å². The van der Waals surface area contributed by atoms with E-state index in [0.29, 0.717) is 0 Å². The molecule has 16 heavy (non-hydrogen) atoms. The molecule has 0 saturated carbocycles. The van der Waals surface area contributed by atoms with Crippen LogP contribution in [0.25, 0.3) is 0 Å². The third kappa shape index (κ3) is 2.32. The number of amides is 1. The van der Waals surface area contributed by atoms with Crippen molar-refractivity contribution in [2.24, 2.45) is 0 Å². The van der Waals surface area contributed by atoms with Crippen LogP contribution in [0, 0.1) is 10.1 Å². The van der Waals surface area contributed by atoms with Crippen LogP contribution in [0.15, 0.2) is 24.9 Å². The number of rotatable bonds is 4. The highest BCUT2D eigenvalue weighted by Crippen LogP contribution is 2.23. The van der Waals surface area contributed by atoms with Crippen LogP contribution in [0.5, 0.6) is 0 Å². The quantitative estimate of drug-likeness (QED) is 0.437. The molecular weight excluding hydrogens is 212 g/mol. The molecule has 1 aromatic rings. The lowest BCUT2D eigenvalue weighted by atomic mass is 10.2. The summed E-state index contributed by atoms with van der Waals surface area (Å²) in [4.78, 5) is 25.1. The van der Waals surface area contributed by atoms with Crippen molar-refractivity contribution < 1.29 is 9.72 Å². The Bertz CT molecular complexity index is 444. The van der Waals surface area contributed by atoms with Gasteiger partial charge in [-0.25, -0.2) is 4.98 Å². The fraction of sp³-hybridized carbons (Fsp3) is 0.111. The average molecular weight is 222 g/mol. The van der Waals surface area contributed by atoms with Gasteiger partial charge in [0.25, 0.3) is 5.91 Å². The predicted molar refractivity (Wildman–Crippen MR) is 57.8 cm³/mol. The molecule has 1 aromatic heterocycles. The summed E-state index contributed by atoms with van der Waals surface area (Å²) in [5.41, 5.74) is 4.74. The number of nitro groups is 1. The van der Waals surface area contributed by atoms with Crippen LogP contribution < -0.4 is 11.1 Å². The Morgan fingerprint density at radius 2 is 2.44 bits per heavy atom. The number of carbonyl (C=O) groups excluding carboxylic acids is 1. The number of hydrogen-bond acceptors (Lipinski definition) is 5. The molecule has 1 rings (SSSR count). The van der Waals surface area contributed by atoms with Crippen LogP contribution in [-0.2, 0) is 0 Å². The zero-order valence-electron chi connectivity index (χ0n) is 8.34. The summed E-state index contributed by atoms with van der Waals surface area (Å²) in [6.07, 6.45) is 2.71. The predicted octanol–water partition coefficient (Wildman–Crippen LogP) is 0.488. The Hall–Kier alpha value is -2.44. The van der Waals surface area contributed by atoms with E-state index < -0.39 is 16.5 Å². The number of anilines is 1. The summed E-state index contributed by atoms with van der Waals surface area (Å²) < 4.78 is 0. The largest absolute Gasteiger partial charge is 0.378 e. The van der Waals surface area contributed by atoms with Crippen LogP contribution in [-0.4, -0.2) is 22.4 Å². The lowest BCUT2D eigenvalue weighted by Gasteiger charge is -2.04. The maximum absolute atomic E-state index is 11.5. The Labute approximate surface area is 91.1 Å². The van der Waals surface area contributed by atoms with E-state index in [-0.39, 0.29) is 17.9 Å². The van der Waals surface area contributed by atoms with Crippen molar-refractivity contribution in [2.75, 3.05) is 12.3 Å². The first-order chi connectivity index (χ1) is 7.57. The van der Waals surface area contributed by atoms with Gasteiger partial charge in [0.15, 0.2) is 0 Å². The standard InChI is InChI=1S/C9H10N4O3/c1-2-4-12-9(14)6-3-5-11-8(10)7(6)13(15)16/h2-3,5H,1,4H2,(H2,10,11)(H,12,14). The number of nitrogen functional groups attached to an aromatic ring is 1. The van der Waals surface area contributed by atoms with Gasteiger partial charge in [0.1, 0.15) is 5.56 Å².